The van der Waals surface area contributed by atoms with Crippen molar-refractivity contribution in [1.29, 1.82) is 0 Å². The van der Waals surface area contributed by atoms with Crippen LogP contribution >= 0.6 is 0 Å². The Morgan fingerprint density at radius 1 is 0.645 bits per heavy atom. The molecule has 164 valence electrons. The van der Waals surface area contributed by atoms with E-state index < -0.39 is 0 Å². The van der Waals surface area contributed by atoms with Crippen LogP contribution in [0.1, 0.15) is 74.9 Å². The van der Waals surface area contributed by atoms with Gasteiger partial charge in [-0.05, 0) is 54.9 Å². The van der Waals surface area contributed by atoms with Gasteiger partial charge >= 0.3 is 0 Å². The van der Waals surface area contributed by atoms with Gasteiger partial charge in [-0.2, -0.15) is 0 Å². The highest BCUT2D eigenvalue weighted by atomic mass is 19.1. The number of unbranched alkanes of at least 4 members (excludes halogenated alkanes) is 4. The van der Waals surface area contributed by atoms with Gasteiger partial charge in [-0.1, -0.05) is 75.9 Å². The average Bonchev–Trinajstić information content (AvgIpc) is 2.80. The Balaban J connectivity index is 1.55. The maximum absolute atomic E-state index is 14.8. The fourth-order valence-corrected chi connectivity index (χ4v) is 3.84. The zero-order chi connectivity index (χ0) is 21.9. The molecule has 0 spiro atoms. The van der Waals surface area contributed by atoms with E-state index in [1.807, 2.05) is 12.1 Å². The van der Waals surface area contributed by atoms with Crippen molar-refractivity contribution in [3.05, 3.63) is 83.2 Å². The molecule has 0 unspecified atom stereocenters. The smallest absolute Gasteiger partial charge is 0.131 e. The van der Waals surface area contributed by atoms with Gasteiger partial charge in [0.2, 0.25) is 0 Å². The summed E-state index contributed by atoms with van der Waals surface area (Å²) in [6.07, 6.45) is 14.5. The molecule has 2 aromatic carbocycles. The second-order valence-electron chi connectivity index (χ2n) is 8.43. The van der Waals surface area contributed by atoms with Crippen LogP contribution in [0.2, 0.25) is 0 Å². The minimum absolute atomic E-state index is 0.203. The Morgan fingerprint density at radius 2 is 1.19 bits per heavy atom. The van der Waals surface area contributed by atoms with Crippen molar-refractivity contribution in [2.75, 3.05) is 0 Å². The second-order valence-corrected chi connectivity index (χ2v) is 8.43. The van der Waals surface area contributed by atoms with Crippen LogP contribution in [0.15, 0.2) is 54.9 Å². The van der Waals surface area contributed by atoms with E-state index in [0.29, 0.717) is 5.56 Å². The fraction of sp³-hybridized carbons (Fsp3) is 0.429. The molecule has 1 heterocycles. The normalized spacial score (nSPS) is 11.1. The largest absolute Gasteiger partial charge is 0.241 e. The molecule has 2 nitrogen and oxygen atoms in total. The van der Waals surface area contributed by atoms with Gasteiger partial charge in [-0.25, -0.2) is 14.4 Å². The minimum atomic E-state index is -0.203. The van der Waals surface area contributed by atoms with E-state index in [2.05, 4.69) is 48.1 Å². The maximum atomic E-state index is 14.8. The number of hydrogen-bond acceptors (Lipinski definition) is 2. The molecule has 1 aromatic heterocycles. The Labute approximate surface area is 187 Å². The molecule has 0 aliphatic carbocycles. The van der Waals surface area contributed by atoms with Gasteiger partial charge in [0.1, 0.15) is 11.6 Å². The minimum Gasteiger partial charge on any atom is -0.241 e. The van der Waals surface area contributed by atoms with Crippen LogP contribution in [0.4, 0.5) is 4.39 Å². The van der Waals surface area contributed by atoms with Gasteiger partial charge in [0.05, 0.1) is 0 Å². The van der Waals surface area contributed by atoms with E-state index in [0.717, 1.165) is 49.1 Å². The molecule has 0 radical (unpaired) electrons. The predicted octanol–water partition coefficient (Wildman–Crippen LogP) is 7.53. The highest BCUT2D eigenvalue weighted by molar-refractivity contribution is 5.62. The third-order valence-corrected chi connectivity index (χ3v) is 5.85. The lowest BCUT2D eigenvalue weighted by atomic mass is 9.99. The van der Waals surface area contributed by atoms with Crippen LogP contribution in [0.25, 0.3) is 11.1 Å². The molecule has 0 N–H and O–H groups in total. The zero-order valence-electron chi connectivity index (χ0n) is 19.0. The summed E-state index contributed by atoms with van der Waals surface area (Å²) in [5.41, 5.74) is 5.04. The van der Waals surface area contributed by atoms with Crippen molar-refractivity contribution in [1.82, 2.24) is 9.97 Å². The van der Waals surface area contributed by atoms with Crippen molar-refractivity contribution in [3.63, 3.8) is 0 Å². The summed E-state index contributed by atoms with van der Waals surface area (Å²) in [5.74, 6) is 0.636. The first-order chi connectivity index (χ1) is 15.2. The lowest BCUT2D eigenvalue weighted by molar-refractivity contribution is 0.628. The zero-order valence-corrected chi connectivity index (χ0v) is 19.0. The Hall–Kier alpha value is -2.55. The molecular weight excluding hydrogens is 383 g/mol. The van der Waals surface area contributed by atoms with Gasteiger partial charge < -0.3 is 0 Å². The lowest BCUT2D eigenvalue weighted by Crippen LogP contribution is -1.97. The van der Waals surface area contributed by atoms with Crippen molar-refractivity contribution in [2.45, 2.75) is 78.1 Å². The number of aryl methyl sites for hydroxylation is 4. The topological polar surface area (TPSA) is 25.8 Å². The van der Waals surface area contributed by atoms with E-state index in [1.54, 1.807) is 18.5 Å². The van der Waals surface area contributed by atoms with Gasteiger partial charge in [-0.15, -0.1) is 0 Å². The molecule has 0 amide bonds. The van der Waals surface area contributed by atoms with Crippen LogP contribution in [-0.2, 0) is 25.7 Å². The molecular formula is C28H35FN2. The van der Waals surface area contributed by atoms with Crippen molar-refractivity contribution in [3.8, 4) is 11.1 Å². The van der Waals surface area contributed by atoms with Gasteiger partial charge in [0.15, 0.2) is 0 Å². The van der Waals surface area contributed by atoms with E-state index in [4.69, 9.17) is 0 Å². The van der Waals surface area contributed by atoms with Crippen molar-refractivity contribution in [2.24, 2.45) is 0 Å². The van der Waals surface area contributed by atoms with Crippen molar-refractivity contribution >= 4 is 0 Å². The summed E-state index contributed by atoms with van der Waals surface area (Å²) < 4.78 is 14.8. The Morgan fingerprint density at radius 3 is 1.81 bits per heavy atom. The summed E-state index contributed by atoms with van der Waals surface area (Å²) in [4.78, 5) is 8.84. The lowest BCUT2D eigenvalue weighted by Gasteiger charge is -2.08. The molecule has 0 saturated heterocycles. The monoisotopic (exact) mass is 418 g/mol. The second kappa shape index (κ2) is 12.3. The summed E-state index contributed by atoms with van der Waals surface area (Å²) in [7, 11) is 0. The molecule has 0 aliphatic rings. The molecule has 0 bridgehead atoms. The highest BCUT2D eigenvalue weighted by Crippen LogP contribution is 2.23. The number of aromatic nitrogens is 2. The quantitative estimate of drug-likeness (QED) is 0.284. The number of halogens is 1. The van der Waals surface area contributed by atoms with Crippen LogP contribution in [0.5, 0.6) is 0 Å². The van der Waals surface area contributed by atoms with E-state index in [9.17, 15) is 4.39 Å². The Kier molecular flexibility index (Phi) is 9.20. The predicted molar refractivity (Wildman–Crippen MR) is 128 cm³/mol. The molecule has 31 heavy (non-hydrogen) atoms. The SMILES string of the molecule is CCCCCc1ccc(CCc2ccc(-c3cnc(CCCCC)nc3)c(F)c2)cc1. The molecule has 0 aliphatic heterocycles. The average molecular weight is 419 g/mol. The summed E-state index contributed by atoms with van der Waals surface area (Å²) in [5, 5.41) is 0. The third kappa shape index (κ3) is 7.27. The number of nitrogens with zero attached hydrogens (tertiary/aromatic N) is 2. The third-order valence-electron chi connectivity index (χ3n) is 5.85. The van der Waals surface area contributed by atoms with E-state index in [-0.39, 0.29) is 5.82 Å². The van der Waals surface area contributed by atoms with Crippen LogP contribution in [0.3, 0.4) is 0 Å². The first kappa shape index (κ1) is 23.1. The molecule has 3 rings (SSSR count). The van der Waals surface area contributed by atoms with E-state index in [1.165, 1.54) is 43.2 Å². The first-order valence-corrected chi connectivity index (χ1v) is 11.9. The number of rotatable bonds is 12. The van der Waals surface area contributed by atoms with Crippen LogP contribution < -0.4 is 0 Å². The van der Waals surface area contributed by atoms with Crippen LogP contribution in [-0.4, -0.2) is 9.97 Å². The summed E-state index contributed by atoms with van der Waals surface area (Å²) >= 11 is 0. The number of hydrogen-bond donors (Lipinski definition) is 0. The first-order valence-electron chi connectivity index (χ1n) is 11.9. The number of benzene rings is 2. The molecule has 0 atom stereocenters. The van der Waals surface area contributed by atoms with Gasteiger partial charge in [-0.3, -0.25) is 0 Å². The molecule has 3 heteroatoms. The molecule has 0 fully saturated rings. The van der Waals surface area contributed by atoms with E-state index >= 15 is 0 Å². The summed E-state index contributed by atoms with van der Waals surface area (Å²) in [6.45, 7) is 4.42. The fourth-order valence-electron chi connectivity index (χ4n) is 3.84. The van der Waals surface area contributed by atoms with Crippen molar-refractivity contribution < 1.29 is 4.39 Å². The Bertz CT molecular complexity index is 917. The van der Waals surface area contributed by atoms with Gasteiger partial charge in [0, 0.05) is 29.9 Å². The van der Waals surface area contributed by atoms with Crippen LogP contribution in [0, 0.1) is 5.82 Å². The summed E-state index contributed by atoms with van der Waals surface area (Å²) in [6, 6.07) is 14.4. The molecule has 0 saturated carbocycles. The highest BCUT2D eigenvalue weighted by Gasteiger charge is 2.08. The van der Waals surface area contributed by atoms with Gasteiger partial charge in [0.25, 0.3) is 0 Å². The maximum Gasteiger partial charge on any atom is 0.131 e. The molecule has 3 aromatic rings. The standard InChI is InChI=1S/C28H35FN2/c1-3-5-7-9-22-11-13-23(14-12-22)15-16-24-17-18-26(27(29)19-24)25-20-30-28(31-21-25)10-8-6-4-2/h11-14,17-21H,3-10,15-16H2,1-2H3.